The van der Waals surface area contributed by atoms with Crippen LogP contribution < -0.4 is 0 Å². The van der Waals surface area contributed by atoms with Crippen LogP contribution in [-0.2, 0) is 25.5 Å². The van der Waals surface area contributed by atoms with E-state index in [0.29, 0.717) is 26.1 Å². The second-order valence-electron chi connectivity index (χ2n) is 4.83. The van der Waals surface area contributed by atoms with Gasteiger partial charge in [-0.05, 0) is 17.7 Å². The molecule has 108 valence electrons. The topological polar surface area (TPSA) is 72.8 Å². The highest BCUT2D eigenvalue weighted by Gasteiger charge is 2.25. The summed E-state index contributed by atoms with van der Waals surface area (Å²) in [4.78, 5) is 23.2. The fraction of sp³-hybridized carbons (Fsp3) is 0.467. The van der Waals surface area contributed by atoms with E-state index in [1.807, 2.05) is 0 Å². The maximum absolute atomic E-state index is 11.6. The number of aromatic hydroxyl groups is 1. The average Bonchev–Trinajstić information content (AvgIpc) is 2.44. The Balaban J connectivity index is 1.69. The summed E-state index contributed by atoms with van der Waals surface area (Å²) in [7, 11) is 0. The zero-order valence-electron chi connectivity index (χ0n) is 11.2. The Morgan fingerprint density at radius 3 is 2.80 bits per heavy atom. The van der Waals surface area contributed by atoms with E-state index in [1.54, 1.807) is 24.3 Å². The van der Waals surface area contributed by atoms with Gasteiger partial charge in [-0.1, -0.05) is 12.1 Å². The summed E-state index contributed by atoms with van der Waals surface area (Å²) < 4.78 is 10.3. The fourth-order valence-corrected chi connectivity index (χ4v) is 2.07. The van der Waals surface area contributed by atoms with Crippen LogP contribution in [0.3, 0.4) is 0 Å². The van der Waals surface area contributed by atoms with Crippen molar-refractivity contribution in [2.24, 2.45) is 5.92 Å². The van der Waals surface area contributed by atoms with E-state index < -0.39 is 0 Å². The first-order valence-corrected chi connectivity index (χ1v) is 6.69. The summed E-state index contributed by atoms with van der Waals surface area (Å²) in [6.07, 6.45) is 1.06. The lowest BCUT2D eigenvalue weighted by molar-refractivity contribution is -0.149. The lowest BCUT2D eigenvalue weighted by Crippen LogP contribution is -2.30. The molecule has 0 unspecified atom stereocenters. The van der Waals surface area contributed by atoms with Crippen molar-refractivity contribution in [3.63, 3.8) is 0 Å². The largest absolute Gasteiger partial charge is 0.508 e. The van der Waals surface area contributed by atoms with Crippen LogP contribution in [0.2, 0.25) is 0 Å². The van der Waals surface area contributed by atoms with Gasteiger partial charge in [0.25, 0.3) is 0 Å². The molecule has 0 radical (unpaired) electrons. The molecule has 0 aromatic heterocycles. The monoisotopic (exact) mass is 278 g/mol. The van der Waals surface area contributed by atoms with Gasteiger partial charge in [0.2, 0.25) is 0 Å². The minimum absolute atomic E-state index is 0.0757. The maximum Gasteiger partial charge on any atom is 0.306 e. The number of rotatable bonds is 5. The molecule has 1 aliphatic rings. The van der Waals surface area contributed by atoms with Gasteiger partial charge >= 0.3 is 5.97 Å². The number of Topliss-reactive ketones (excluding diaryl/α,β-unsaturated/α-hetero) is 1. The first kappa shape index (κ1) is 14.5. The fourth-order valence-electron chi connectivity index (χ4n) is 2.07. The molecule has 0 spiro atoms. The van der Waals surface area contributed by atoms with Crippen molar-refractivity contribution in [1.82, 2.24) is 0 Å². The molecule has 5 nitrogen and oxygen atoms in total. The molecule has 1 saturated heterocycles. The number of carbonyl (C=O) groups excluding carboxylic acids is 2. The van der Waals surface area contributed by atoms with Gasteiger partial charge in [0.05, 0.1) is 32.2 Å². The molecule has 1 N–H and O–H groups in total. The van der Waals surface area contributed by atoms with Gasteiger partial charge in [0.15, 0.2) is 0 Å². The van der Waals surface area contributed by atoms with E-state index >= 15 is 0 Å². The number of ketones is 1. The molecule has 1 atom stereocenters. The second-order valence-corrected chi connectivity index (χ2v) is 4.83. The average molecular weight is 278 g/mol. The van der Waals surface area contributed by atoms with Crippen LogP contribution in [0.1, 0.15) is 18.4 Å². The van der Waals surface area contributed by atoms with Crippen LogP contribution in [0.15, 0.2) is 24.3 Å². The smallest absolute Gasteiger partial charge is 0.306 e. The molecule has 1 aromatic rings. The van der Waals surface area contributed by atoms with E-state index in [9.17, 15) is 9.59 Å². The third-order valence-electron chi connectivity index (χ3n) is 3.27. The molecule has 20 heavy (non-hydrogen) atoms. The van der Waals surface area contributed by atoms with Crippen LogP contribution >= 0.6 is 0 Å². The van der Waals surface area contributed by atoms with E-state index in [-0.39, 0.29) is 36.4 Å². The van der Waals surface area contributed by atoms with Gasteiger partial charge < -0.3 is 14.6 Å². The van der Waals surface area contributed by atoms with Crippen molar-refractivity contribution >= 4 is 11.8 Å². The standard InChI is InChI=1S/C15H18O5/c16-13-3-1-11(2-4-13)5-8-20-15(18)9-12-10-19-7-6-14(12)17/h1-4,12,16H,5-10H2/t12-/m0/s1. The predicted molar refractivity (Wildman–Crippen MR) is 71.3 cm³/mol. The lowest BCUT2D eigenvalue weighted by atomic mass is 9.97. The molecule has 0 amide bonds. The van der Waals surface area contributed by atoms with Crippen molar-refractivity contribution in [3.05, 3.63) is 29.8 Å². The van der Waals surface area contributed by atoms with E-state index in [1.165, 1.54) is 0 Å². The molecule has 1 aliphatic heterocycles. The first-order chi connectivity index (χ1) is 9.65. The normalized spacial score (nSPS) is 18.8. The summed E-state index contributed by atoms with van der Waals surface area (Å²) in [6.45, 7) is 1.03. The number of esters is 1. The molecule has 2 rings (SSSR count). The number of phenols is 1. The predicted octanol–water partition coefficient (Wildman–Crippen LogP) is 1.47. The summed E-state index contributed by atoms with van der Waals surface area (Å²) in [5.74, 6) is -0.439. The quantitative estimate of drug-likeness (QED) is 0.826. The minimum Gasteiger partial charge on any atom is -0.508 e. The number of hydrogen-bond donors (Lipinski definition) is 1. The summed E-state index contributed by atoms with van der Waals surface area (Å²) in [5.41, 5.74) is 0.979. The molecule has 0 aliphatic carbocycles. The van der Waals surface area contributed by atoms with Gasteiger partial charge in [-0.15, -0.1) is 0 Å². The van der Waals surface area contributed by atoms with Crippen LogP contribution in [0.4, 0.5) is 0 Å². The Bertz CT molecular complexity index is 466. The molecular formula is C15H18O5. The Morgan fingerprint density at radius 1 is 1.35 bits per heavy atom. The van der Waals surface area contributed by atoms with Crippen molar-refractivity contribution in [2.45, 2.75) is 19.3 Å². The SMILES string of the molecule is O=C(C[C@H]1COCCC1=O)OCCc1ccc(O)cc1. The van der Waals surface area contributed by atoms with Gasteiger partial charge in [0, 0.05) is 12.8 Å². The summed E-state index contributed by atoms with van der Waals surface area (Å²) >= 11 is 0. The Morgan fingerprint density at radius 2 is 2.10 bits per heavy atom. The van der Waals surface area contributed by atoms with Crippen molar-refractivity contribution < 1.29 is 24.2 Å². The van der Waals surface area contributed by atoms with E-state index in [2.05, 4.69) is 0 Å². The van der Waals surface area contributed by atoms with Gasteiger partial charge in [0.1, 0.15) is 11.5 Å². The number of ether oxygens (including phenoxy) is 2. The molecule has 1 heterocycles. The number of carbonyl (C=O) groups is 2. The highest BCUT2D eigenvalue weighted by Crippen LogP contribution is 2.15. The second kappa shape index (κ2) is 7.05. The molecule has 0 saturated carbocycles. The van der Waals surface area contributed by atoms with Crippen molar-refractivity contribution in [3.8, 4) is 5.75 Å². The van der Waals surface area contributed by atoms with E-state index in [0.717, 1.165) is 5.56 Å². The van der Waals surface area contributed by atoms with Crippen LogP contribution in [0.25, 0.3) is 0 Å². The zero-order chi connectivity index (χ0) is 14.4. The highest BCUT2D eigenvalue weighted by molar-refractivity contribution is 5.86. The molecule has 0 bridgehead atoms. The Kier molecular flexibility index (Phi) is 5.12. The minimum atomic E-state index is -0.368. The highest BCUT2D eigenvalue weighted by atomic mass is 16.5. The van der Waals surface area contributed by atoms with Crippen LogP contribution in [0.5, 0.6) is 5.75 Å². The third-order valence-corrected chi connectivity index (χ3v) is 3.27. The Hall–Kier alpha value is -1.88. The third kappa shape index (κ3) is 4.35. The zero-order valence-corrected chi connectivity index (χ0v) is 11.2. The Labute approximate surface area is 117 Å². The van der Waals surface area contributed by atoms with Crippen LogP contribution in [-0.4, -0.2) is 36.7 Å². The maximum atomic E-state index is 11.6. The van der Waals surface area contributed by atoms with Gasteiger partial charge in [-0.3, -0.25) is 9.59 Å². The van der Waals surface area contributed by atoms with Crippen molar-refractivity contribution in [1.29, 1.82) is 0 Å². The number of hydrogen-bond acceptors (Lipinski definition) is 5. The van der Waals surface area contributed by atoms with Gasteiger partial charge in [-0.2, -0.15) is 0 Å². The first-order valence-electron chi connectivity index (χ1n) is 6.69. The summed E-state index contributed by atoms with van der Waals surface area (Å²) in [6, 6.07) is 6.74. The lowest BCUT2D eigenvalue weighted by Gasteiger charge is -2.19. The molecule has 1 fully saturated rings. The van der Waals surface area contributed by atoms with Crippen molar-refractivity contribution in [2.75, 3.05) is 19.8 Å². The molecule has 1 aromatic carbocycles. The number of phenolic OH excluding ortho intramolecular Hbond substituents is 1. The molecular weight excluding hydrogens is 260 g/mol. The summed E-state index contributed by atoms with van der Waals surface area (Å²) in [5, 5.41) is 9.15. The molecule has 5 heteroatoms. The van der Waals surface area contributed by atoms with E-state index in [4.69, 9.17) is 14.6 Å². The van der Waals surface area contributed by atoms with Gasteiger partial charge in [-0.25, -0.2) is 0 Å². The van der Waals surface area contributed by atoms with Crippen LogP contribution in [0, 0.1) is 5.92 Å². The number of benzene rings is 1.